The van der Waals surface area contributed by atoms with Gasteiger partial charge in [0.25, 0.3) is 0 Å². The summed E-state index contributed by atoms with van der Waals surface area (Å²) >= 11 is 0. The highest BCUT2D eigenvalue weighted by Gasteiger charge is 2.39. The Balaban J connectivity index is 1.75. The molecule has 0 radical (unpaired) electrons. The lowest BCUT2D eigenvalue weighted by Gasteiger charge is -2.36. The second kappa shape index (κ2) is 7.42. The topological polar surface area (TPSA) is 62.5 Å². The molecule has 3 atom stereocenters. The quantitative estimate of drug-likeness (QED) is 0.888. The molecule has 0 aromatic carbocycles. The predicted molar refractivity (Wildman–Crippen MR) is 92.5 cm³/mol. The van der Waals surface area contributed by atoms with Gasteiger partial charge in [0.1, 0.15) is 5.82 Å². The molecule has 2 N–H and O–H groups in total. The Morgan fingerprint density at radius 3 is 2.81 bits per heavy atom. The maximum Gasteiger partial charge on any atom is 0.419 e. The zero-order chi connectivity index (χ0) is 18.9. The van der Waals surface area contributed by atoms with Crippen LogP contribution in [0.3, 0.4) is 0 Å². The van der Waals surface area contributed by atoms with Crippen molar-refractivity contribution in [3.05, 3.63) is 23.9 Å². The monoisotopic (exact) mass is 370 g/mol. The van der Waals surface area contributed by atoms with Gasteiger partial charge < -0.3 is 15.5 Å². The van der Waals surface area contributed by atoms with Crippen LogP contribution >= 0.6 is 0 Å². The van der Waals surface area contributed by atoms with E-state index in [9.17, 15) is 18.0 Å². The van der Waals surface area contributed by atoms with E-state index in [2.05, 4.69) is 4.98 Å². The molecule has 0 saturated carbocycles. The van der Waals surface area contributed by atoms with Crippen LogP contribution in [0.25, 0.3) is 0 Å². The third-order valence-electron chi connectivity index (χ3n) is 5.44. The average molecular weight is 370 g/mol. The first kappa shape index (κ1) is 18.9. The molecule has 0 bridgehead atoms. The van der Waals surface area contributed by atoms with Gasteiger partial charge in [-0.2, -0.15) is 13.2 Å². The number of halogens is 3. The van der Waals surface area contributed by atoms with Gasteiger partial charge in [-0.15, -0.1) is 0 Å². The minimum Gasteiger partial charge on any atom is -0.355 e. The van der Waals surface area contributed by atoms with E-state index in [1.807, 2.05) is 11.8 Å². The first-order valence-electron chi connectivity index (χ1n) is 9.09. The van der Waals surface area contributed by atoms with Crippen molar-refractivity contribution in [3.63, 3.8) is 0 Å². The normalized spacial score (nSPS) is 27.0. The Morgan fingerprint density at radius 2 is 2.15 bits per heavy atom. The number of pyridine rings is 1. The minimum absolute atomic E-state index is 0.0302. The number of carbonyl (C=O) groups excluding carboxylic acids is 1. The van der Waals surface area contributed by atoms with Gasteiger partial charge in [0.15, 0.2) is 0 Å². The molecule has 144 valence electrons. The summed E-state index contributed by atoms with van der Waals surface area (Å²) in [6, 6.07) is 2.46. The third kappa shape index (κ3) is 3.79. The van der Waals surface area contributed by atoms with Crippen LogP contribution in [0.5, 0.6) is 0 Å². The maximum absolute atomic E-state index is 13.3. The van der Waals surface area contributed by atoms with Gasteiger partial charge in [0, 0.05) is 31.9 Å². The third-order valence-corrected chi connectivity index (χ3v) is 5.44. The van der Waals surface area contributed by atoms with E-state index >= 15 is 0 Å². The van der Waals surface area contributed by atoms with E-state index in [0.717, 1.165) is 12.5 Å². The zero-order valence-electron chi connectivity index (χ0n) is 14.9. The van der Waals surface area contributed by atoms with Gasteiger partial charge in [0.05, 0.1) is 11.5 Å². The van der Waals surface area contributed by atoms with Crippen LogP contribution in [-0.4, -0.2) is 48.0 Å². The second-order valence-corrected chi connectivity index (χ2v) is 7.33. The van der Waals surface area contributed by atoms with Crippen molar-refractivity contribution in [1.82, 2.24) is 9.88 Å². The number of likely N-dealkylation sites (tertiary alicyclic amines) is 1. The Kier molecular flexibility index (Phi) is 5.41. The van der Waals surface area contributed by atoms with Crippen molar-refractivity contribution in [3.8, 4) is 0 Å². The van der Waals surface area contributed by atoms with Crippen LogP contribution in [0.1, 0.15) is 31.7 Å². The van der Waals surface area contributed by atoms with Crippen molar-refractivity contribution in [2.45, 2.75) is 38.4 Å². The number of anilines is 1. The summed E-state index contributed by atoms with van der Waals surface area (Å²) < 4.78 is 39.9. The van der Waals surface area contributed by atoms with E-state index in [1.165, 1.54) is 12.3 Å². The summed E-state index contributed by atoms with van der Waals surface area (Å²) in [5.74, 6) is -0.0403. The molecule has 0 aliphatic carbocycles. The van der Waals surface area contributed by atoms with Crippen molar-refractivity contribution in [2.24, 2.45) is 17.6 Å². The molecule has 1 amide bonds. The highest BCUT2D eigenvalue weighted by atomic mass is 19.4. The highest BCUT2D eigenvalue weighted by molar-refractivity contribution is 5.80. The number of rotatable bonds is 3. The van der Waals surface area contributed by atoms with E-state index in [4.69, 9.17) is 5.73 Å². The first-order valence-corrected chi connectivity index (χ1v) is 9.09. The lowest BCUT2D eigenvalue weighted by molar-refractivity contribution is -0.137. The number of amides is 1. The van der Waals surface area contributed by atoms with E-state index < -0.39 is 11.7 Å². The van der Waals surface area contributed by atoms with E-state index in [0.29, 0.717) is 38.4 Å². The lowest BCUT2D eigenvalue weighted by Crippen LogP contribution is -2.46. The number of nitrogens with two attached hydrogens (primary N) is 1. The van der Waals surface area contributed by atoms with Gasteiger partial charge in [-0.05, 0) is 50.8 Å². The van der Waals surface area contributed by atoms with Gasteiger partial charge in [-0.25, -0.2) is 4.98 Å². The molecule has 26 heavy (non-hydrogen) atoms. The minimum atomic E-state index is -4.46. The molecular formula is C18H25F3N4O. The summed E-state index contributed by atoms with van der Waals surface area (Å²) in [5.41, 5.74) is 4.99. The molecule has 1 aromatic rings. The molecule has 8 heteroatoms. The number of hydrogen-bond acceptors (Lipinski definition) is 4. The van der Waals surface area contributed by atoms with Gasteiger partial charge in [0.2, 0.25) is 5.91 Å². The second-order valence-electron chi connectivity index (χ2n) is 7.33. The first-order chi connectivity index (χ1) is 12.3. The highest BCUT2D eigenvalue weighted by Crippen LogP contribution is 2.37. The largest absolute Gasteiger partial charge is 0.419 e. The Morgan fingerprint density at radius 1 is 1.38 bits per heavy atom. The molecule has 2 aliphatic rings. The van der Waals surface area contributed by atoms with E-state index in [-0.39, 0.29) is 30.2 Å². The lowest BCUT2D eigenvalue weighted by atomic mass is 9.95. The van der Waals surface area contributed by atoms with Crippen LogP contribution in [0.4, 0.5) is 19.0 Å². The smallest absolute Gasteiger partial charge is 0.355 e. The molecule has 3 rings (SSSR count). The van der Waals surface area contributed by atoms with Gasteiger partial charge in [-0.3, -0.25) is 4.79 Å². The van der Waals surface area contributed by atoms with Crippen LogP contribution in [0, 0.1) is 11.8 Å². The standard InChI is InChI=1S/C18H25F3N4O/c1-12-8-13(9-22)10-25(12)17(26)14-4-3-7-24(11-14)16-15(18(19,20)21)5-2-6-23-16/h2,5-6,12-14H,3-4,7-11,22H2,1H3. The summed E-state index contributed by atoms with van der Waals surface area (Å²) in [5, 5.41) is 0. The van der Waals surface area contributed by atoms with Crippen molar-refractivity contribution < 1.29 is 18.0 Å². The zero-order valence-corrected chi connectivity index (χ0v) is 14.9. The predicted octanol–water partition coefficient (Wildman–Crippen LogP) is 2.51. The van der Waals surface area contributed by atoms with Crippen molar-refractivity contribution in [1.29, 1.82) is 0 Å². The number of carbonyl (C=O) groups is 1. The van der Waals surface area contributed by atoms with Crippen LogP contribution in [-0.2, 0) is 11.0 Å². The summed E-state index contributed by atoms with van der Waals surface area (Å²) in [6.45, 7) is 3.95. The Hall–Kier alpha value is -1.83. The molecule has 0 spiro atoms. The molecule has 5 nitrogen and oxygen atoms in total. The molecule has 2 aliphatic heterocycles. The summed E-state index contributed by atoms with van der Waals surface area (Å²) in [6.07, 6.45) is -0.841. The fourth-order valence-electron chi connectivity index (χ4n) is 4.10. The number of alkyl halides is 3. The van der Waals surface area contributed by atoms with Crippen LogP contribution in [0.2, 0.25) is 0 Å². The molecule has 2 saturated heterocycles. The fraction of sp³-hybridized carbons (Fsp3) is 0.667. The molecule has 3 unspecified atom stereocenters. The van der Waals surface area contributed by atoms with Crippen LogP contribution in [0.15, 0.2) is 18.3 Å². The average Bonchev–Trinajstić information content (AvgIpc) is 3.01. The van der Waals surface area contributed by atoms with Crippen LogP contribution < -0.4 is 10.6 Å². The summed E-state index contributed by atoms with van der Waals surface area (Å²) in [7, 11) is 0. The molecule has 2 fully saturated rings. The van der Waals surface area contributed by atoms with Crippen molar-refractivity contribution in [2.75, 3.05) is 31.1 Å². The Labute approximate surface area is 151 Å². The van der Waals surface area contributed by atoms with Gasteiger partial charge >= 0.3 is 6.18 Å². The molecule has 3 heterocycles. The SMILES string of the molecule is CC1CC(CN)CN1C(=O)C1CCCN(c2ncccc2C(F)(F)F)C1. The van der Waals surface area contributed by atoms with Crippen molar-refractivity contribution >= 4 is 11.7 Å². The van der Waals surface area contributed by atoms with Gasteiger partial charge in [-0.1, -0.05) is 0 Å². The molecular weight excluding hydrogens is 345 g/mol. The molecule has 1 aromatic heterocycles. The van der Waals surface area contributed by atoms with E-state index in [1.54, 1.807) is 4.90 Å². The Bertz CT molecular complexity index is 652. The number of aromatic nitrogens is 1. The maximum atomic E-state index is 13.3. The number of hydrogen-bond donors (Lipinski definition) is 1. The summed E-state index contributed by atoms with van der Waals surface area (Å²) in [4.78, 5) is 20.4. The number of piperidine rings is 1. The fourth-order valence-corrected chi connectivity index (χ4v) is 4.10. The number of nitrogens with zero attached hydrogens (tertiary/aromatic N) is 3.